The number of carbonyl (C=O) groups is 1. The number of ether oxygens (including phenoxy) is 3. The lowest BCUT2D eigenvalue weighted by atomic mass is 10.0. The first kappa shape index (κ1) is 16.5. The second kappa shape index (κ2) is 6.64. The smallest absolute Gasteiger partial charge is 0.235 e. The molecule has 24 heavy (non-hydrogen) atoms. The fourth-order valence-corrected chi connectivity index (χ4v) is 3.84. The second-order valence-electron chi connectivity index (χ2n) is 5.26. The minimum atomic E-state index is -0.109. The van der Waals surface area contributed by atoms with Crippen LogP contribution < -0.4 is 19.5 Å². The van der Waals surface area contributed by atoms with Crippen molar-refractivity contribution in [1.29, 1.82) is 0 Å². The molecule has 1 unspecified atom stereocenters. The number of hydrogen-bond donors (Lipinski definition) is 1. The number of benzene rings is 1. The summed E-state index contributed by atoms with van der Waals surface area (Å²) in [6.07, 6.45) is 1.77. The first-order chi connectivity index (χ1) is 11.6. The summed E-state index contributed by atoms with van der Waals surface area (Å²) in [7, 11) is 6.59. The Labute approximate surface area is 144 Å². The molecule has 2 aromatic rings. The first-order valence-corrected chi connectivity index (χ1v) is 8.37. The average molecular weight is 349 g/mol. The molecule has 0 saturated heterocycles. The number of fused-ring (bicyclic) bond motifs is 1. The van der Waals surface area contributed by atoms with Crippen molar-refractivity contribution < 1.29 is 19.0 Å². The summed E-state index contributed by atoms with van der Waals surface area (Å²) in [5.41, 5.74) is 1.84. The zero-order valence-electron chi connectivity index (χ0n) is 14.0. The van der Waals surface area contributed by atoms with E-state index in [-0.39, 0.29) is 11.2 Å². The van der Waals surface area contributed by atoms with E-state index in [2.05, 4.69) is 10.4 Å². The summed E-state index contributed by atoms with van der Waals surface area (Å²) < 4.78 is 18.0. The molecular formula is C16H19N3O4S. The molecule has 2 heterocycles. The molecule has 1 amide bonds. The molecule has 1 aliphatic heterocycles. The van der Waals surface area contributed by atoms with Gasteiger partial charge in [-0.25, -0.2) is 0 Å². The lowest BCUT2D eigenvalue weighted by molar-refractivity contribution is -0.113. The summed E-state index contributed by atoms with van der Waals surface area (Å²) >= 11 is 1.52. The van der Waals surface area contributed by atoms with Gasteiger partial charge in [-0.1, -0.05) is 0 Å². The van der Waals surface area contributed by atoms with E-state index < -0.39 is 0 Å². The van der Waals surface area contributed by atoms with Crippen LogP contribution in [-0.2, 0) is 11.8 Å². The predicted octanol–water partition coefficient (Wildman–Crippen LogP) is 2.22. The molecule has 1 aliphatic rings. The Kier molecular flexibility index (Phi) is 4.57. The Bertz CT molecular complexity index is 775. The number of hydrogen-bond acceptors (Lipinski definition) is 6. The molecule has 1 atom stereocenters. The summed E-state index contributed by atoms with van der Waals surface area (Å²) in [5, 5.41) is 7.07. The molecule has 1 aromatic heterocycles. The maximum absolute atomic E-state index is 12.0. The van der Waals surface area contributed by atoms with E-state index in [1.165, 1.54) is 11.8 Å². The van der Waals surface area contributed by atoms with Crippen LogP contribution in [-0.4, -0.2) is 42.8 Å². The molecule has 128 valence electrons. The molecule has 0 radical (unpaired) electrons. The minimum absolute atomic E-state index is 0.0493. The van der Waals surface area contributed by atoms with Crippen LogP contribution in [0, 0.1) is 0 Å². The highest BCUT2D eigenvalue weighted by atomic mass is 32.2. The number of thioether (sulfide) groups is 1. The lowest BCUT2D eigenvalue weighted by Crippen LogP contribution is -2.15. The SMILES string of the molecule is COc1cc(OC)c(C2SCC(=O)Nc3c2cnn3C)cc1OC. The van der Waals surface area contributed by atoms with Gasteiger partial charge in [0.05, 0.1) is 38.5 Å². The van der Waals surface area contributed by atoms with Gasteiger partial charge in [0.15, 0.2) is 11.5 Å². The monoisotopic (exact) mass is 349 g/mol. The standard InChI is InChI=1S/C16H19N3O4S/c1-19-16-10(7-17-19)15(24-8-14(20)18-16)9-5-12(22-3)13(23-4)6-11(9)21-2/h5-7,15H,8H2,1-4H3,(H,18,20). The molecule has 0 bridgehead atoms. The van der Waals surface area contributed by atoms with Crippen molar-refractivity contribution in [2.24, 2.45) is 7.05 Å². The number of aryl methyl sites for hydroxylation is 1. The van der Waals surface area contributed by atoms with Crippen LogP contribution in [0.15, 0.2) is 18.3 Å². The zero-order chi connectivity index (χ0) is 17.3. The molecule has 7 nitrogen and oxygen atoms in total. The molecular weight excluding hydrogens is 330 g/mol. The Morgan fingerprint density at radius 1 is 1.12 bits per heavy atom. The normalized spacial score (nSPS) is 16.8. The van der Waals surface area contributed by atoms with Crippen LogP contribution in [0.1, 0.15) is 16.4 Å². The highest BCUT2D eigenvalue weighted by Gasteiger charge is 2.30. The number of aromatic nitrogens is 2. The minimum Gasteiger partial charge on any atom is -0.496 e. The van der Waals surface area contributed by atoms with Crippen LogP contribution >= 0.6 is 11.8 Å². The molecule has 1 aromatic carbocycles. The van der Waals surface area contributed by atoms with E-state index in [0.29, 0.717) is 28.8 Å². The van der Waals surface area contributed by atoms with Gasteiger partial charge < -0.3 is 19.5 Å². The number of methoxy groups -OCH3 is 3. The third-order valence-electron chi connectivity index (χ3n) is 3.91. The average Bonchev–Trinajstić information content (AvgIpc) is 2.85. The maximum atomic E-state index is 12.0. The van der Waals surface area contributed by atoms with E-state index in [1.54, 1.807) is 45.3 Å². The number of rotatable bonds is 4. The van der Waals surface area contributed by atoms with E-state index in [4.69, 9.17) is 14.2 Å². The van der Waals surface area contributed by atoms with Gasteiger partial charge in [-0.15, -0.1) is 11.8 Å². The van der Waals surface area contributed by atoms with Gasteiger partial charge in [-0.3, -0.25) is 9.48 Å². The van der Waals surface area contributed by atoms with Crippen molar-refractivity contribution in [2.75, 3.05) is 32.4 Å². The van der Waals surface area contributed by atoms with Crippen molar-refractivity contribution in [3.8, 4) is 17.2 Å². The van der Waals surface area contributed by atoms with Crippen molar-refractivity contribution in [1.82, 2.24) is 9.78 Å². The second-order valence-corrected chi connectivity index (χ2v) is 6.35. The maximum Gasteiger partial charge on any atom is 0.235 e. The van der Waals surface area contributed by atoms with Crippen LogP contribution in [0.3, 0.4) is 0 Å². The quantitative estimate of drug-likeness (QED) is 0.912. The number of carbonyl (C=O) groups excluding carboxylic acids is 1. The Morgan fingerprint density at radius 3 is 2.46 bits per heavy atom. The molecule has 1 N–H and O–H groups in total. The van der Waals surface area contributed by atoms with E-state index >= 15 is 0 Å². The lowest BCUT2D eigenvalue weighted by Gasteiger charge is -2.20. The fraction of sp³-hybridized carbons (Fsp3) is 0.375. The highest BCUT2D eigenvalue weighted by Crippen LogP contribution is 2.47. The van der Waals surface area contributed by atoms with E-state index in [1.807, 2.05) is 6.07 Å². The molecule has 0 spiro atoms. The van der Waals surface area contributed by atoms with Crippen LogP contribution in [0.5, 0.6) is 17.2 Å². The fourth-order valence-electron chi connectivity index (χ4n) is 2.73. The Morgan fingerprint density at radius 2 is 1.79 bits per heavy atom. The summed E-state index contributed by atoms with van der Waals surface area (Å²) in [4.78, 5) is 12.0. The van der Waals surface area contributed by atoms with Gasteiger partial charge in [0.1, 0.15) is 11.6 Å². The number of nitrogens with one attached hydrogen (secondary N) is 1. The van der Waals surface area contributed by atoms with Crippen molar-refractivity contribution >= 4 is 23.5 Å². The van der Waals surface area contributed by atoms with Crippen LogP contribution in [0.25, 0.3) is 0 Å². The Balaban J connectivity index is 2.15. The van der Waals surface area contributed by atoms with Crippen molar-refractivity contribution in [2.45, 2.75) is 5.25 Å². The molecule has 0 fully saturated rings. The van der Waals surface area contributed by atoms with E-state index in [0.717, 1.165) is 11.1 Å². The third-order valence-corrected chi connectivity index (χ3v) is 5.18. The topological polar surface area (TPSA) is 74.6 Å². The van der Waals surface area contributed by atoms with Gasteiger partial charge in [0.2, 0.25) is 5.91 Å². The van der Waals surface area contributed by atoms with Gasteiger partial charge in [-0.2, -0.15) is 5.10 Å². The Hall–Kier alpha value is -2.35. The highest BCUT2D eigenvalue weighted by molar-refractivity contribution is 8.00. The molecule has 8 heteroatoms. The molecule has 3 rings (SSSR count). The number of amides is 1. The van der Waals surface area contributed by atoms with E-state index in [9.17, 15) is 4.79 Å². The van der Waals surface area contributed by atoms with Crippen LogP contribution in [0.4, 0.5) is 5.82 Å². The first-order valence-electron chi connectivity index (χ1n) is 7.32. The van der Waals surface area contributed by atoms with Gasteiger partial charge in [0.25, 0.3) is 0 Å². The summed E-state index contributed by atoms with van der Waals surface area (Å²) in [6, 6.07) is 3.69. The zero-order valence-corrected chi connectivity index (χ0v) is 14.8. The largest absolute Gasteiger partial charge is 0.496 e. The summed E-state index contributed by atoms with van der Waals surface area (Å²) in [5.74, 6) is 2.88. The number of anilines is 1. The van der Waals surface area contributed by atoms with Crippen LogP contribution in [0.2, 0.25) is 0 Å². The third kappa shape index (κ3) is 2.77. The predicted molar refractivity (Wildman–Crippen MR) is 92.2 cm³/mol. The molecule has 0 aliphatic carbocycles. The van der Waals surface area contributed by atoms with Crippen molar-refractivity contribution in [3.63, 3.8) is 0 Å². The van der Waals surface area contributed by atoms with Gasteiger partial charge in [-0.05, 0) is 6.07 Å². The molecule has 0 saturated carbocycles. The van der Waals surface area contributed by atoms with Gasteiger partial charge in [0, 0.05) is 24.2 Å². The summed E-state index contributed by atoms with van der Waals surface area (Å²) in [6.45, 7) is 0. The number of nitrogens with zero attached hydrogens (tertiary/aromatic N) is 2. The van der Waals surface area contributed by atoms with Crippen molar-refractivity contribution in [3.05, 3.63) is 29.5 Å². The van der Waals surface area contributed by atoms with Gasteiger partial charge >= 0.3 is 0 Å².